The number of benzene rings is 2. The summed E-state index contributed by atoms with van der Waals surface area (Å²) in [6, 6.07) is 10.7. The van der Waals surface area contributed by atoms with Crippen molar-refractivity contribution in [3.05, 3.63) is 53.1 Å². The zero-order valence-electron chi connectivity index (χ0n) is 10.3. The van der Waals surface area contributed by atoms with E-state index in [-0.39, 0.29) is 10.6 Å². The fraction of sp³-hybridized carbons (Fsp3) is 0. The van der Waals surface area contributed by atoms with E-state index in [2.05, 4.69) is 10.6 Å². The summed E-state index contributed by atoms with van der Waals surface area (Å²) in [6.07, 6.45) is 5.27. The lowest BCUT2D eigenvalue weighted by Gasteiger charge is -2.10. The quantitative estimate of drug-likeness (QED) is 0.676. The molecule has 2 aromatic rings. The van der Waals surface area contributed by atoms with Crippen LogP contribution in [0.3, 0.4) is 0 Å². The Morgan fingerprint density at radius 1 is 1.20 bits per heavy atom. The van der Waals surface area contributed by atoms with Crippen molar-refractivity contribution in [1.82, 2.24) is 0 Å². The topological polar surface area (TPSA) is 72.2 Å². The average Bonchev–Trinajstić information content (AvgIpc) is 2.37. The first-order valence-corrected chi connectivity index (χ1v) is 7.43. The number of hydrogen-bond acceptors (Lipinski definition) is 3. The summed E-state index contributed by atoms with van der Waals surface area (Å²) >= 11 is 5.75. The largest absolute Gasteiger partial charge is 0.398 e. The number of rotatable bonds is 3. The van der Waals surface area contributed by atoms with Crippen molar-refractivity contribution in [1.29, 1.82) is 0 Å². The van der Waals surface area contributed by atoms with Gasteiger partial charge in [-0.25, -0.2) is 8.42 Å². The van der Waals surface area contributed by atoms with Gasteiger partial charge in [0.1, 0.15) is 4.90 Å². The molecule has 20 heavy (non-hydrogen) atoms. The zero-order valence-corrected chi connectivity index (χ0v) is 11.9. The van der Waals surface area contributed by atoms with Gasteiger partial charge in [-0.2, -0.15) is 0 Å². The second-order valence-corrected chi connectivity index (χ2v) is 6.10. The molecule has 0 aliphatic rings. The predicted octanol–water partition coefficient (Wildman–Crippen LogP) is 2.70. The molecule has 0 fully saturated rings. The van der Waals surface area contributed by atoms with Gasteiger partial charge in [0.05, 0.1) is 11.4 Å². The lowest BCUT2D eigenvalue weighted by Crippen LogP contribution is -2.14. The van der Waals surface area contributed by atoms with Crippen molar-refractivity contribution >= 4 is 33.0 Å². The molecule has 2 rings (SSSR count). The van der Waals surface area contributed by atoms with E-state index in [1.165, 1.54) is 18.2 Å². The van der Waals surface area contributed by atoms with Crippen LogP contribution in [-0.4, -0.2) is 8.42 Å². The number of nitrogens with one attached hydrogen (secondary N) is 1. The van der Waals surface area contributed by atoms with Crippen LogP contribution in [-0.2, 0) is 10.0 Å². The van der Waals surface area contributed by atoms with Gasteiger partial charge in [0, 0.05) is 10.6 Å². The Morgan fingerprint density at radius 2 is 1.95 bits per heavy atom. The lowest BCUT2D eigenvalue weighted by molar-refractivity contribution is 0.601. The minimum absolute atomic E-state index is 0.0342. The Bertz CT molecular complexity index is 795. The van der Waals surface area contributed by atoms with E-state index in [4.69, 9.17) is 23.8 Å². The Morgan fingerprint density at radius 3 is 2.60 bits per heavy atom. The van der Waals surface area contributed by atoms with Crippen molar-refractivity contribution in [3.8, 4) is 12.3 Å². The fourth-order valence-electron chi connectivity index (χ4n) is 1.65. The molecule has 0 aromatic heterocycles. The number of hydrogen-bond donors (Lipinski definition) is 2. The van der Waals surface area contributed by atoms with Crippen LogP contribution in [0.4, 0.5) is 11.4 Å². The number of nitrogens with two attached hydrogens (primary N) is 1. The molecular weight excluding hydrogens is 296 g/mol. The minimum Gasteiger partial charge on any atom is -0.398 e. The minimum atomic E-state index is -3.79. The van der Waals surface area contributed by atoms with Gasteiger partial charge in [-0.3, -0.25) is 4.72 Å². The molecule has 0 aliphatic heterocycles. The second kappa shape index (κ2) is 5.45. The monoisotopic (exact) mass is 306 g/mol. The molecule has 4 nitrogen and oxygen atoms in total. The van der Waals surface area contributed by atoms with Gasteiger partial charge in [-0.05, 0) is 36.4 Å². The molecule has 0 saturated heterocycles. The molecule has 0 bridgehead atoms. The maximum atomic E-state index is 12.2. The summed E-state index contributed by atoms with van der Waals surface area (Å²) in [7, 11) is -3.79. The van der Waals surface area contributed by atoms with Crippen molar-refractivity contribution in [2.45, 2.75) is 4.90 Å². The SMILES string of the molecule is C#Cc1cccc(NS(=O)(=O)c2ccc(Cl)cc2N)c1. The predicted molar refractivity (Wildman–Crippen MR) is 81.0 cm³/mol. The van der Waals surface area contributed by atoms with E-state index < -0.39 is 10.0 Å². The third-order valence-corrected chi connectivity index (χ3v) is 4.23. The van der Waals surface area contributed by atoms with Crippen molar-refractivity contribution in [3.63, 3.8) is 0 Å². The zero-order chi connectivity index (χ0) is 14.8. The van der Waals surface area contributed by atoms with Crippen LogP contribution in [0.15, 0.2) is 47.4 Å². The first-order valence-electron chi connectivity index (χ1n) is 5.57. The highest BCUT2D eigenvalue weighted by atomic mass is 35.5. The molecule has 0 amide bonds. The molecule has 0 atom stereocenters. The van der Waals surface area contributed by atoms with E-state index in [0.29, 0.717) is 16.3 Å². The van der Waals surface area contributed by atoms with Crippen LogP contribution >= 0.6 is 11.6 Å². The maximum Gasteiger partial charge on any atom is 0.263 e. The van der Waals surface area contributed by atoms with Crippen molar-refractivity contribution in [2.75, 3.05) is 10.5 Å². The number of terminal acetylenes is 1. The number of nitrogen functional groups attached to an aromatic ring is 1. The molecule has 0 saturated carbocycles. The van der Waals surface area contributed by atoms with Crippen molar-refractivity contribution < 1.29 is 8.42 Å². The van der Waals surface area contributed by atoms with Gasteiger partial charge >= 0.3 is 0 Å². The maximum absolute atomic E-state index is 12.2. The molecule has 6 heteroatoms. The Hall–Kier alpha value is -2.16. The van der Waals surface area contributed by atoms with E-state index in [1.54, 1.807) is 24.3 Å². The van der Waals surface area contributed by atoms with Crippen LogP contribution < -0.4 is 10.5 Å². The van der Waals surface area contributed by atoms with Gasteiger partial charge in [0.15, 0.2) is 0 Å². The Labute approximate surface area is 122 Å². The molecule has 0 aliphatic carbocycles. The van der Waals surface area contributed by atoms with Crippen LogP contribution in [0.25, 0.3) is 0 Å². The highest BCUT2D eigenvalue weighted by molar-refractivity contribution is 7.92. The van der Waals surface area contributed by atoms with Gasteiger partial charge in [0.25, 0.3) is 10.0 Å². The summed E-state index contributed by atoms with van der Waals surface area (Å²) in [6.45, 7) is 0. The summed E-state index contributed by atoms with van der Waals surface area (Å²) in [5.74, 6) is 2.43. The second-order valence-electron chi connectivity index (χ2n) is 4.01. The average molecular weight is 307 g/mol. The Balaban J connectivity index is 2.38. The number of sulfonamides is 1. The van der Waals surface area contributed by atoms with Crippen LogP contribution in [0, 0.1) is 12.3 Å². The molecule has 0 heterocycles. The van der Waals surface area contributed by atoms with E-state index in [0.717, 1.165) is 0 Å². The number of anilines is 2. The normalized spacial score (nSPS) is 10.8. The van der Waals surface area contributed by atoms with Gasteiger partial charge in [-0.15, -0.1) is 6.42 Å². The molecule has 2 aromatic carbocycles. The Kier molecular flexibility index (Phi) is 3.89. The molecule has 0 spiro atoms. The molecule has 3 N–H and O–H groups in total. The summed E-state index contributed by atoms with van der Waals surface area (Å²) < 4.78 is 26.9. The van der Waals surface area contributed by atoms with Crippen LogP contribution in [0.5, 0.6) is 0 Å². The van der Waals surface area contributed by atoms with Crippen LogP contribution in [0.1, 0.15) is 5.56 Å². The van der Waals surface area contributed by atoms with E-state index in [1.807, 2.05) is 0 Å². The molecule has 0 unspecified atom stereocenters. The van der Waals surface area contributed by atoms with Crippen LogP contribution in [0.2, 0.25) is 5.02 Å². The van der Waals surface area contributed by atoms with Gasteiger partial charge < -0.3 is 5.73 Å². The molecule has 0 radical (unpaired) electrons. The highest BCUT2D eigenvalue weighted by Gasteiger charge is 2.17. The summed E-state index contributed by atoms with van der Waals surface area (Å²) in [4.78, 5) is -0.0342. The van der Waals surface area contributed by atoms with Crippen molar-refractivity contribution in [2.24, 2.45) is 0 Å². The standard InChI is InChI=1S/C14H11ClN2O2S/c1-2-10-4-3-5-12(8-10)17-20(18,19)14-7-6-11(15)9-13(14)16/h1,3-9,17H,16H2. The fourth-order valence-corrected chi connectivity index (χ4v) is 2.99. The first kappa shape index (κ1) is 14.3. The van der Waals surface area contributed by atoms with E-state index in [9.17, 15) is 8.42 Å². The molecule has 102 valence electrons. The number of halogens is 1. The summed E-state index contributed by atoms with van der Waals surface area (Å²) in [5, 5.41) is 0.371. The third-order valence-electron chi connectivity index (χ3n) is 2.54. The lowest BCUT2D eigenvalue weighted by atomic mass is 10.2. The van der Waals surface area contributed by atoms with Gasteiger partial charge in [0.2, 0.25) is 0 Å². The van der Waals surface area contributed by atoms with Gasteiger partial charge in [-0.1, -0.05) is 23.6 Å². The first-order chi connectivity index (χ1) is 9.42. The molecular formula is C14H11ClN2O2S. The van der Waals surface area contributed by atoms with E-state index >= 15 is 0 Å². The highest BCUT2D eigenvalue weighted by Crippen LogP contribution is 2.24. The smallest absolute Gasteiger partial charge is 0.263 e. The third kappa shape index (κ3) is 3.05. The summed E-state index contributed by atoms with van der Waals surface area (Å²) in [5.41, 5.74) is 6.71.